The molecule has 0 aliphatic rings. The van der Waals surface area contributed by atoms with Gasteiger partial charge in [-0.25, -0.2) is 10.8 Å². The lowest BCUT2D eigenvalue weighted by Gasteiger charge is -2.02. The van der Waals surface area contributed by atoms with E-state index in [1.807, 2.05) is 12.3 Å². The Morgan fingerprint density at radius 1 is 1.69 bits per heavy atom. The third kappa shape index (κ3) is 2.38. The van der Waals surface area contributed by atoms with Crippen LogP contribution in [0.5, 0.6) is 5.88 Å². The molecule has 6 nitrogen and oxygen atoms in total. The van der Waals surface area contributed by atoms with E-state index in [1.165, 1.54) is 12.4 Å². The summed E-state index contributed by atoms with van der Waals surface area (Å²) in [6.07, 6.45) is 2.74. The van der Waals surface area contributed by atoms with Crippen molar-refractivity contribution in [2.24, 2.45) is 5.84 Å². The van der Waals surface area contributed by atoms with Crippen molar-refractivity contribution in [2.75, 3.05) is 6.61 Å². The number of carbonyl (C=O) groups is 1. The molecule has 0 radical (unpaired) electrons. The smallest absolute Gasteiger partial charge is 0.285 e. The predicted octanol–water partition coefficient (Wildman–Crippen LogP) is -0.521. The topological polar surface area (TPSA) is 90.1 Å². The molecule has 1 aromatic rings. The third-order valence-corrected chi connectivity index (χ3v) is 1.27. The maximum atomic E-state index is 11.0. The zero-order valence-corrected chi connectivity index (χ0v) is 7.15. The first-order valence-electron chi connectivity index (χ1n) is 3.73. The van der Waals surface area contributed by atoms with E-state index in [2.05, 4.69) is 9.97 Å². The molecule has 0 unspecified atom stereocenters. The van der Waals surface area contributed by atoms with Gasteiger partial charge in [0.15, 0.2) is 5.69 Å². The molecule has 0 fully saturated rings. The number of aromatic nitrogens is 2. The first kappa shape index (κ1) is 9.40. The minimum Gasteiger partial charge on any atom is -0.477 e. The molecule has 6 heteroatoms. The number of amides is 1. The van der Waals surface area contributed by atoms with Crippen molar-refractivity contribution in [1.82, 2.24) is 15.4 Å². The lowest BCUT2D eigenvalue weighted by atomic mass is 10.4. The SMILES string of the molecule is CCOc1cncc(C(=O)NN)n1. The molecular formula is C7H10N4O2. The minimum atomic E-state index is -0.492. The van der Waals surface area contributed by atoms with E-state index >= 15 is 0 Å². The molecule has 0 bridgehead atoms. The number of hydrogen-bond donors (Lipinski definition) is 2. The quantitative estimate of drug-likeness (QED) is 0.373. The fourth-order valence-corrected chi connectivity index (χ4v) is 0.749. The molecule has 0 aromatic carbocycles. The van der Waals surface area contributed by atoms with Crippen molar-refractivity contribution < 1.29 is 9.53 Å². The Kier molecular flexibility index (Phi) is 3.15. The van der Waals surface area contributed by atoms with Gasteiger partial charge in [-0.2, -0.15) is 0 Å². The number of nitrogens with one attached hydrogen (secondary N) is 1. The lowest BCUT2D eigenvalue weighted by Crippen LogP contribution is -2.30. The summed E-state index contributed by atoms with van der Waals surface area (Å²) in [4.78, 5) is 18.6. The van der Waals surface area contributed by atoms with Gasteiger partial charge >= 0.3 is 0 Å². The normalized spacial score (nSPS) is 9.38. The third-order valence-electron chi connectivity index (χ3n) is 1.27. The summed E-state index contributed by atoms with van der Waals surface area (Å²) in [5.41, 5.74) is 2.09. The minimum absolute atomic E-state index is 0.133. The van der Waals surface area contributed by atoms with E-state index in [0.29, 0.717) is 12.5 Å². The highest BCUT2D eigenvalue weighted by atomic mass is 16.5. The van der Waals surface area contributed by atoms with Crippen molar-refractivity contribution >= 4 is 5.91 Å². The van der Waals surface area contributed by atoms with Crippen LogP contribution in [0.4, 0.5) is 0 Å². The number of ether oxygens (including phenoxy) is 1. The average Bonchev–Trinajstić information content (AvgIpc) is 2.18. The Labute approximate surface area is 75.1 Å². The van der Waals surface area contributed by atoms with Gasteiger partial charge in [0.2, 0.25) is 5.88 Å². The predicted molar refractivity (Wildman–Crippen MR) is 44.9 cm³/mol. The molecule has 0 saturated carbocycles. The van der Waals surface area contributed by atoms with Crippen molar-refractivity contribution in [3.8, 4) is 5.88 Å². The summed E-state index contributed by atoms with van der Waals surface area (Å²) in [7, 11) is 0. The Morgan fingerprint density at radius 3 is 3.08 bits per heavy atom. The largest absolute Gasteiger partial charge is 0.477 e. The maximum absolute atomic E-state index is 11.0. The van der Waals surface area contributed by atoms with E-state index in [1.54, 1.807) is 0 Å². The molecular weight excluding hydrogens is 172 g/mol. The van der Waals surface area contributed by atoms with Crippen LogP contribution in [0.2, 0.25) is 0 Å². The first-order chi connectivity index (χ1) is 6.27. The van der Waals surface area contributed by atoms with Gasteiger partial charge in [-0.3, -0.25) is 15.2 Å². The fourth-order valence-electron chi connectivity index (χ4n) is 0.749. The summed E-state index contributed by atoms with van der Waals surface area (Å²) >= 11 is 0. The second-order valence-corrected chi connectivity index (χ2v) is 2.15. The fraction of sp³-hybridized carbons (Fsp3) is 0.286. The number of nitrogen functional groups attached to an aromatic ring is 1. The Morgan fingerprint density at radius 2 is 2.46 bits per heavy atom. The van der Waals surface area contributed by atoms with Crippen LogP contribution in [-0.2, 0) is 0 Å². The highest BCUT2D eigenvalue weighted by Crippen LogP contribution is 2.04. The monoisotopic (exact) mass is 182 g/mol. The van der Waals surface area contributed by atoms with Crippen molar-refractivity contribution in [2.45, 2.75) is 6.92 Å². The number of nitrogens with zero attached hydrogens (tertiary/aromatic N) is 2. The molecule has 0 saturated heterocycles. The lowest BCUT2D eigenvalue weighted by molar-refractivity contribution is 0.0947. The zero-order valence-electron chi connectivity index (χ0n) is 7.15. The van der Waals surface area contributed by atoms with Crippen molar-refractivity contribution in [3.63, 3.8) is 0 Å². The highest BCUT2D eigenvalue weighted by molar-refractivity contribution is 5.91. The van der Waals surface area contributed by atoms with Crippen LogP contribution in [0.3, 0.4) is 0 Å². The Hall–Kier alpha value is -1.69. The highest BCUT2D eigenvalue weighted by Gasteiger charge is 2.06. The first-order valence-corrected chi connectivity index (χ1v) is 3.73. The molecule has 1 rings (SSSR count). The van der Waals surface area contributed by atoms with E-state index in [4.69, 9.17) is 10.6 Å². The van der Waals surface area contributed by atoms with Gasteiger partial charge in [0.05, 0.1) is 19.0 Å². The van der Waals surface area contributed by atoms with Crippen LogP contribution in [-0.4, -0.2) is 22.5 Å². The number of carbonyl (C=O) groups excluding carboxylic acids is 1. The molecule has 0 spiro atoms. The van der Waals surface area contributed by atoms with Gasteiger partial charge in [0, 0.05) is 0 Å². The molecule has 1 aromatic heterocycles. The van der Waals surface area contributed by atoms with Gasteiger partial charge in [0.1, 0.15) is 0 Å². The summed E-state index contributed by atoms with van der Waals surface area (Å²) < 4.78 is 5.05. The second kappa shape index (κ2) is 4.36. The second-order valence-electron chi connectivity index (χ2n) is 2.15. The van der Waals surface area contributed by atoms with Gasteiger partial charge in [-0.15, -0.1) is 0 Å². The molecule has 0 aliphatic heterocycles. The molecule has 1 amide bonds. The van der Waals surface area contributed by atoms with Crippen LogP contribution in [0, 0.1) is 0 Å². The maximum Gasteiger partial charge on any atom is 0.285 e. The Balaban J connectivity index is 2.85. The molecule has 13 heavy (non-hydrogen) atoms. The zero-order chi connectivity index (χ0) is 9.68. The van der Waals surface area contributed by atoms with Crippen molar-refractivity contribution in [3.05, 3.63) is 18.1 Å². The van der Waals surface area contributed by atoms with Crippen LogP contribution in [0.25, 0.3) is 0 Å². The van der Waals surface area contributed by atoms with E-state index in [9.17, 15) is 4.79 Å². The van der Waals surface area contributed by atoms with E-state index in [-0.39, 0.29) is 5.69 Å². The van der Waals surface area contributed by atoms with Crippen LogP contribution in [0.1, 0.15) is 17.4 Å². The van der Waals surface area contributed by atoms with E-state index < -0.39 is 5.91 Å². The van der Waals surface area contributed by atoms with Crippen LogP contribution in [0.15, 0.2) is 12.4 Å². The molecule has 0 aliphatic carbocycles. The number of rotatable bonds is 3. The standard InChI is InChI=1S/C7H10N4O2/c1-2-13-6-4-9-3-5(10-6)7(12)11-8/h3-4H,2,8H2,1H3,(H,11,12). The van der Waals surface area contributed by atoms with Gasteiger partial charge in [-0.1, -0.05) is 0 Å². The molecule has 3 N–H and O–H groups in total. The van der Waals surface area contributed by atoms with Crippen molar-refractivity contribution in [1.29, 1.82) is 0 Å². The Bertz CT molecular complexity index is 302. The summed E-state index contributed by atoms with van der Waals surface area (Å²) in [6.45, 7) is 2.29. The van der Waals surface area contributed by atoms with Crippen LogP contribution >= 0.6 is 0 Å². The van der Waals surface area contributed by atoms with Gasteiger partial charge in [-0.05, 0) is 6.92 Å². The number of hydrazine groups is 1. The van der Waals surface area contributed by atoms with Gasteiger partial charge < -0.3 is 4.74 Å². The van der Waals surface area contributed by atoms with E-state index in [0.717, 1.165) is 0 Å². The van der Waals surface area contributed by atoms with Gasteiger partial charge in [0.25, 0.3) is 5.91 Å². The number of hydrogen-bond acceptors (Lipinski definition) is 5. The molecule has 0 atom stereocenters. The number of nitrogens with two attached hydrogens (primary N) is 1. The summed E-state index contributed by atoms with van der Waals surface area (Å²) in [6, 6.07) is 0. The average molecular weight is 182 g/mol. The molecule has 1 heterocycles. The molecule has 70 valence electrons. The van der Waals surface area contributed by atoms with Crippen LogP contribution < -0.4 is 16.0 Å². The summed E-state index contributed by atoms with van der Waals surface area (Å²) in [5, 5.41) is 0. The summed E-state index contributed by atoms with van der Waals surface area (Å²) in [5.74, 6) is 4.74.